The third-order valence-corrected chi connectivity index (χ3v) is 2.41. The number of carbonyl (C=O) groups excluding carboxylic acids is 2. The topological polar surface area (TPSA) is 160 Å². The van der Waals surface area contributed by atoms with Crippen LogP contribution in [0.4, 0.5) is 11.5 Å². The molecule has 0 radical (unpaired) electrons. The van der Waals surface area contributed by atoms with Crippen LogP contribution in [0.25, 0.3) is 0 Å². The highest BCUT2D eigenvalue weighted by Gasteiger charge is 2.21. The van der Waals surface area contributed by atoms with Gasteiger partial charge in [-0.1, -0.05) is 11.6 Å². The van der Waals surface area contributed by atoms with Crippen molar-refractivity contribution in [2.24, 2.45) is 5.73 Å². The lowest BCUT2D eigenvalue weighted by molar-refractivity contribution is -0.384. The SMILES string of the molecule is CCOC(=O)CN.CCOC(=O)CNc1ncnc(Cl)c1[N+](=O)[O-].Cl. The molecule has 25 heavy (non-hydrogen) atoms. The predicted molar refractivity (Wildman–Crippen MR) is 91.8 cm³/mol. The van der Waals surface area contributed by atoms with Crippen LogP contribution in [-0.4, -0.2) is 53.1 Å². The first kappa shape index (κ1) is 25.0. The number of rotatable bonds is 7. The fraction of sp³-hybridized carbons (Fsp3) is 0.500. The molecule has 1 aromatic rings. The highest BCUT2D eigenvalue weighted by molar-refractivity contribution is 6.31. The molecule has 0 saturated carbocycles. The molecule has 0 fully saturated rings. The number of nitrogens with two attached hydrogens (primary N) is 1. The number of hydrogen-bond acceptors (Lipinski definition) is 10. The van der Waals surface area contributed by atoms with Gasteiger partial charge in [-0.05, 0) is 13.8 Å². The van der Waals surface area contributed by atoms with Crippen LogP contribution in [0.1, 0.15) is 13.8 Å². The van der Waals surface area contributed by atoms with Crippen molar-refractivity contribution in [2.75, 3.05) is 31.6 Å². The van der Waals surface area contributed by atoms with Gasteiger partial charge in [-0.3, -0.25) is 19.7 Å². The molecule has 1 rings (SSSR count). The minimum absolute atomic E-state index is 0. The number of nitrogens with one attached hydrogen (secondary N) is 1. The summed E-state index contributed by atoms with van der Waals surface area (Å²) in [5.41, 5.74) is 4.41. The standard InChI is InChI=1S/C8H9ClN4O4.C4H9NO2.ClH/c1-2-17-5(14)3-10-8-6(13(15)16)7(9)11-4-12-8;1-2-7-4(6)3-5;/h4H,2-3H2,1H3,(H,10,11,12);2-3,5H2,1H3;1H. The molecule has 11 nitrogen and oxygen atoms in total. The van der Waals surface area contributed by atoms with E-state index in [2.05, 4.69) is 24.8 Å². The molecule has 0 spiro atoms. The molecule has 0 aromatic carbocycles. The molecular formula is C12H19Cl2N5O6. The van der Waals surface area contributed by atoms with Crippen LogP contribution in [0.15, 0.2) is 6.33 Å². The van der Waals surface area contributed by atoms with Crippen molar-refractivity contribution in [3.05, 3.63) is 21.6 Å². The number of anilines is 1. The monoisotopic (exact) mass is 399 g/mol. The lowest BCUT2D eigenvalue weighted by atomic mass is 10.4. The Morgan fingerprint density at radius 2 is 1.84 bits per heavy atom. The molecule has 0 unspecified atom stereocenters. The van der Waals surface area contributed by atoms with Gasteiger partial charge in [-0.2, -0.15) is 0 Å². The molecule has 142 valence electrons. The maximum atomic E-state index is 11.1. The molecule has 0 atom stereocenters. The molecule has 3 N–H and O–H groups in total. The first-order valence-corrected chi connectivity index (χ1v) is 7.15. The average Bonchev–Trinajstić information content (AvgIpc) is 2.53. The summed E-state index contributed by atoms with van der Waals surface area (Å²) >= 11 is 5.55. The van der Waals surface area contributed by atoms with Crippen molar-refractivity contribution in [3.63, 3.8) is 0 Å². The van der Waals surface area contributed by atoms with Gasteiger partial charge in [0, 0.05) is 0 Å². The zero-order valence-corrected chi connectivity index (χ0v) is 15.1. The van der Waals surface area contributed by atoms with Crippen molar-refractivity contribution in [1.82, 2.24) is 9.97 Å². The van der Waals surface area contributed by atoms with E-state index in [4.69, 9.17) is 17.3 Å². The van der Waals surface area contributed by atoms with Crippen molar-refractivity contribution >= 4 is 47.5 Å². The van der Waals surface area contributed by atoms with Gasteiger partial charge in [0.2, 0.25) is 11.0 Å². The Balaban J connectivity index is 0. The quantitative estimate of drug-likeness (QED) is 0.292. The van der Waals surface area contributed by atoms with E-state index in [0.717, 1.165) is 6.33 Å². The Labute approximate surface area is 154 Å². The number of nitro groups is 1. The summed E-state index contributed by atoms with van der Waals surface area (Å²) in [6.45, 7) is 3.79. The lowest BCUT2D eigenvalue weighted by Crippen LogP contribution is -2.18. The molecule has 0 saturated heterocycles. The number of halogens is 2. The van der Waals surface area contributed by atoms with Gasteiger partial charge < -0.3 is 20.5 Å². The predicted octanol–water partition coefficient (Wildman–Crippen LogP) is 0.943. The first-order valence-electron chi connectivity index (χ1n) is 6.77. The van der Waals surface area contributed by atoms with Gasteiger partial charge >= 0.3 is 17.6 Å². The van der Waals surface area contributed by atoms with E-state index >= 15 is 0 Å². The second-order valence-corrected chi connectivity index (χ2v) is 4.14. The van der Waals surface area contributed by atoms with E-state index in [9.17, 15) is 19.7 Å². The van der Waals surface area contributed by atoms with E-state index < -0.39 is 16.6 Å². The summed E-state index contributed by atoms with van der Waals surface area (Å²) in [5.74, 6) is -1.01. The molecule has 13 heteroatoms. The molecule has 0 aliphatic carbocycles. The number of hydrogen-bond donors (Lipinski definition) is 2. The third-order valence-electron chi connectivity index (χ3n) is 2.14. The van der Waals surface area contributed by atoms with Crippen LogP contribution >= 0.6 is 24.0 Å². The van der Waals surface area contributed by atoms with Crippen molar-refractivity contribution in [2.45, 2.75) is 13.8 Å². The second-order valence-electron chi connectivity index (χ2n) is 3.79. The van der Waals surface area contributed by atoms with Crippen molar-refractivity contribution < 1.29 is 24.0 Å². The normalized spacial score (nSPS) is 8.96. The second kappa shape index (κ2) is 14.1. The summed E-state index contributed by atoms with van der Waals surface area (Å²) in [6.07, 6.45) is 1.06. The number of ether oxygens (including phenoxy) is 2. The summed E-state index contributed by atoms with van der Waals surface area (Å²) in [4.78, 5) is 38.2. The van der Waals surface area contributed by atoms with Crippen molar-refractivity contribution in [3.8, 4) is 0 Å². The molecule has 0 bridgehead atoms. The summed E-state index contributed by atoms with van der Waals surface area (Å²) in [6, 6.07) is 0. The molecule has 0 amide bonds. The maximum absolute atomic E-state index is 11.1. The van der Waals surface area contributed by atoms with Gasteiger partial charge in [0.15, 0.2) is 0 Å². The van der Waals surface area contributed by atoms with Gasteiger partial charge in [0.25, 0.3) is 0 Å². The Morgan fingerprint density at radius 1 is 1.28 bits per heavy atom. The van der Waals surface area contributed by atoms with E-state index in [0.29, 0.717) is 6.61 Å². The average molecular weight is 400 g/mol. The van der Waals surface area contributed by atoms with Crippen molar-refractivity contribution in [1.29, 1.82) is 0 Å². The largest absolute Gasteiger partial charge is 0.465 e. The van der Waals surface area contributed by atoms with E-state index in [1.54, 1.807) is 13.8 Å². The van der Waals surface area contributed by atoms with Gasteiger partial charge in [-0.25, -0.2) is 9.97 Å². The van der Waals surface area contributed by atoms with Gasteiger partial charge in [0.05, 0.1) is 24.7 Å². The Kier molecular flexibility index (Phi) is 14.1. The van der Waals surface area contributed by atoms with Crippen LogP contribution in [0.2, 0.25) is 5.15 Å². The minimum Gasteiger partial charge on any atom is -0.465 e. The number of esters is 2. The van der Waals surface area contributed by atoms with Crippen LogP contribution in [0.3, 0.4) is 0 Å². The van der Waals surface area contributed by atoms with E-state index in [-0.39, 0.29) is 49.0 Å². The smallest absolute Gasteiger partial charge is 0.348 e. The highest BCUT2D eigenvalue weighted by atomic mass is 35.5. The van der Waals surface area contributed by atoms with E-state index in [1.807, 2.05) is 0 Å². The van der Waals surface area contributed by atoms with Gasteiger partial charge in [0.1, 0.15) is 12.9 Å². The number of carbonyl (C=O) groups is 2. The highest BCUT2D eigenvalue weighted by Crippen LogP contribution is 2.27. The third kappa shape index (κ3) is 10.3. The van der Waals surface area contributed by atoms with E-state index in [1.165, 1.54) is 0 Å². The van der Waals surface area contributed by atoms with Crippen LogP contribution in [0.5, 0.6) is 0 Å². The zero-order chi connectivity index (χ0) is 18.5. The maximum Gasteiger partial charge on any atom is 0.348 e. The number of nitrogens with zero attached hydrogens (tertiary/aromatic N) is 3. The Bertz CT molecular complexity index is 575. The van der Waals surface area contributed by atoms with Crippen LogP contribution in [0, 0.1) is 10.1 Å². The summed E-state index contributed by atoms with van der Waals surface area (Å²) in [7, 11) is 0. The Hall–Kier alpha value is -2.24. The molecule has 0 aliphatic heterocycles. The fourth-order valence-electron chi connectivity index (χ4n) is 1.24. The molecule has 1 heterocycles. The fourth-order valence-corrected chi connectivity index (χ4v) is 1.44. The minimum atomic E-state index is -0.726. The lowest BCUT2D eigenvalue weighted by Gasteiger charge is -2.05. The summed E-state index contributed by atoms with van der Waals surface area (Å²) < 4.78 is 9.07. The zero-order valence-electron chi connectivity index (χ0n) is 13.6. The van der Waals surface area contributed by atoms with Crippen LogP contribution < -0.4 is 11.1 Å². The molecule has 0 aliphatic rings. The van der Waals surface area contributed by atoms with Crippen LogP contribution in [-0.2, 0) is 19.1 Å². The summed E-state index contributed by atoms with van der Waals surface area (Å²) in [5, 5.41) is 12.9. The first-order chi connectivity index (χ1) is 11.4. The Morgan fingerprint density at radius 3 is 2.28 bits per heavy atom. The van der Waals surface area contributed by atoms with Gasteiger partial charge in [-0.15, -0.1) is 12.4 Å². The molecule has 1 aromatic heterocycles. The molecular weight excluding hydrogens is 381 g/mol. The number of aromatic nitrogens is 2.